The highest BCUT2D eigenvalue weighted by molar-refractivity contribution is 5.89. The Morgan fingerprint density at radius 2 is 1.53 bits per heavy atom. The first-order valence-electron chi connectivity index (χ1n) is 12.0. The first-order chi connectivity index (χ1) is 17.0. The number of hydrogen-bond donors (Lipinski definition) is 1. The van der Waals surface area contributed by atoms with Gasteiger partial charge in [0.25, 0.3) is 5.69 Å². The molecular weight excluding hydrogens is 454 g/mol. The molecule has 0 aliphatic carbocycles. The van der Waals surface area contributed by atoms with Crippen LogP contribution in [0.5, 0.6) is 0 Å². The van der Waals surface area contributed by atoms with E-state index in [-0.39, 0.29) is 30.5 Å². The van der Waals surface area contributed by atoms with E-state index in [9.17, 15) is 19.7 Å². The van der Waals surface area contributed by atoms with Gasteiger partial charge in [0.2, 0.25) is 11.8 Å². The van der Waals surface area contributed by atoms with Crippen molar-refractivity contribution < 1.29 is 14.5 Å². The molecule has 0 heterocycles. The van der Waals surface area contributed by atoms with Crippen LogP contribution in [0.25, 0.3) is 0 Å². The molecule has 3 aromatic carbocycles. The van der Waals surface area contributed by atoms with Crippen LogP contribution in [0.15, 0.2) is 78.9 Å². The lowest BCUT2D eigenvalue weighted by molar-refractivity contribution is -0.385. The second kappa shape index (κ2) is 11.6. The quantitative estimate of drug-likeness (QED) is 0.340. The number of carbonyl (C=O) groups excluding carboxylic acids is 2. The molecule has 0 radical (unpaired) electrons. The van der Waals surface area contributed by atoms with Gasteiger partial charge < -0.3 is 10.2 Å². The SMILES string of the molecule is Cc1ccc(CN(C(=O)Cc2ccccc2[N+](=O)[O-])[C@H](Cc2ccccc2)C(=O)NC(C)(C)C)cc1. The first kappa shape index (κ1) is 26.6. The van der Waals surface area contributed by atoms with Gasteiger partial charge in [0, 0.05) is 30.1 Å². The zero-order chi connectivity index (χ0) is 26.3. The molecule has 7 nitrogen and oxygen atoms in total. The maximum atomic E-state index is 13.8. The predicted molar refractivity (Wildman–Crippen MR) is 140 cm³/mol. The molecular formula is C29H33N3O4. The van der Waals surface area contributed by atoms with E-state index in [0.29, 0.717) is 12.0 Å². The van der Waals surface area contributed by atoms with Crippen LogP contribution < -0.4 is 5.32 Å². The third kappa shape index (κ3) is 7.50. The predicted octanol–water partition coefficient (Wildman–Crippen LogP) is 5.00. The van der Waals surface area contributed by atoms with Gasteiger partial charge in [0.1, 0.15) is 6.04 Å². The van der Waals surface area contributed by atoms with E-state index in [4.69, 9.17) is 0 Å². The number of benzene rings is 3. The molecule has 0 aromatic heterocycles. The topological polar surface area (TPSA) is 92.6 Å². The zero-order valence-electron chi connectivity index (χ0n) is 21.2. The Hall–Kier alpha value is -4.00. The minimum Gasteiger partial charge on any atom is -0.350 e. The summed E-state index contributed by atoms with van der Waals surface area (Å²) in [6.07, 6.45) is 0.133. The van der Waals surface area contributed by atoms with Gasteiger partial charge in [-0.2, -0.15) is 0 Å². The van der Waals surface area contributed by atoms with Crippen LogP contribution in [0.3, 0.4) is 0 Å². The van der Waals surface area contributed by atoms with Crippen molar-refractivity contribution in [2.45, 2.75) is 58.7 Å². The largest absolute Gasteiger partial charge is 0.350 e. The number of aryl methyl sites for hydroxylation is 1. The fourth-order valence-electron chi connectivity index (χ4n) is 4.00. The van der Waals surface area contributed by atoms with E-state index in [2.05, 4.69) is 5.32 Å². The standard InChI is InChI=1S/C29H33N3O4/c1-21-14-16-23(17-15-21)20-31(27(33)19-24-12-8-9-13-25(24)32(35)36)26(28(34)30-29(2,3)4)18-22-10-6-5-7-11-22/h5-17,26H,18-20H2,1-4H3,(H,30,34)/t26-/m1/s1. The van der Waals surface area contributed by atoms with Gasteiger partial charge in [-0.15, -0.1) is 0 Å². The Balaban J connectivity index is 2.02. The molecule has 0 aliphatic heterocycles. The van der Waals surface area contributed by atoms with Crippen molar-refractivity contribution in [1.82, 2.24) is 10.2 Å². The molecule has 1 N–H and O–H groups in total. The van der Waals surface area contributed by atoms with E-state index in [0.717, 1.165) is 16.7 Å². The number of rotatable bonds is 9. The first-order valence-corrected chi connectivity index (χ1v) is 12.0. The highest BCUT2D eigenvalue weighted by Crippen LogP contribution is 2.22. The van der Waals surface area contributed by atoms with Gasteiger partial charge in [-0.3, -0.25) is 19.7 Å². The molecule has 3 rings (SSSR count). The Morgan fingerprint density at radius 1 is 0.917 bits per heavy atom. The van der Waals surface area contributed by atoms with Crippen molar-refractivity contribution in [1.29, 1.82) is 0 Å². The summed E-state index contributed by atoms with van der Waals surface area (Å²) in [6, 6.07) is 22.7. The summed E-state index contributed by atoms with van der Waals surface area (Å²) in [4.78, 5) is 40.0. The maximum absolute atomic E-state index is 13.8. The summed E-state index contributed by atoms with van der Waals surface area (Å²) in [5, 5.41) is 14.6. The van der Waals surface area contributed by atoms with Crippen molar-refractivity contribution in [3.63, 3.8) is 0 Å². The van der Waals surface area contributed by atoms with Gasteiger partial charge in [0.05, 0.1) is 11.3 Å². The van der Waals surface area contributed by atoms with E-state index in [1.807, 2.05) is 82.3 Å². The number of para-hydroxylation sites is 1. The van der Waals surface area contributed by atoms with Crippen molar-refractivity contribution in [3.05, 3.63) is 111 Å². The number of nitro groups is 1. The second-order valence-electron chi connectivity index (χ2n) is 10.0. The zero-order valence-corrected chi connectivity index (χ0v) is 21.2. The summed E-state index contributed by atoms with van der Waals surface area (Å²) in [5.41, 5.74) is 2.58. The molecule has 188 valence electrons. The summed E-state index contributed by atoms with van der Waals surface area (Å²) in [5.74, 6) is -0.621. The van der Waals surface area contributed by atoms with Gasteiger partial charge in [-0.25, -0.2) is 0 Å². The molecule has 3 aromatic rings. The molecule has 0 saturated heterocycles. The van der Waals surface area contributed by atoms with Crippen LogP contribution in [0.1, 0.15) is 43.0 Å². The fourth-order valence-corrected chi connectivity index (χ4v) is 4.00. The van der Waals surface area contributed by atoms with E-state index < -0.39 is 16.5 Å². The third-order valence-corrected chi connectivity index (χ3v) is 5.77. The minimum absolute atomic E-state index is 0.111. The molecule has 0 bridgehead atoms. The highest BCUT2D eigenvalue weighted by atomic mass is 16.6. The van der Waals surface area contributed by atoms with Gasteiger partial charge in [-0.05, 0) is 38.8 Å². The van der Waals surface area contributed by atoms with Crippen molar-refractivity contribution in [3.8, 4) is 0 Å². The number of nitrogens with one attached hydrogen (secondary N) is 1. The average Bonchev–Trinajstić information content (AvgIpc) is 2.82. The van der Waals surface area contributed by atoms with Crippen molar-refractivity contribution in [2.75, 3.05) is 0 Å². The number of nitro benzene ring substituents is 1. The van der Waals surface area contributed by atoms with Gasteiger partial charge >= 0.3 is 0 Å². The van der Waals surface area contributed by atoms with E-state index >= 15 is 0 Å². The monoisotopic (exact) mass is 487 g/mol. The Morgan fingerprint density at radius 3 is 2.14 bits per heavy atom. The minimum atomic E-state index is -0.803. The lowest BCUT2D eigenvalue weighted by atomic mass is 9.99. The second-order valence-corrected chi connectivity index (χ2v) is 10.0. The summed E-state index contributed by atoms with van der Waals surface area (Å²) >= 11 is 0. The van der Waals surface area contributed by atoms with Crippen LogP contribution in [-0.2, 0) is 29.0 Å². The smallest absolute Gasteiger partial charge is 0.273 e. The molecule has 0 fully saturated rings. The Bertz CT molecular complexity index is 1200. The van der Waals surface area contributed by atoms with E-state index in [1.54, 1.807) is 23.1 Å². The Labute approximate surface area is 212 Å². The summed E-state index contributed by atoms with van der Waals surface area (Å²) in [6.45, 7) is 7.86. The highest BCUT2D eigenvalue weighted by Gasteiger charge is 2.33. The molecule has 0 saturated carbocycles. The number of carbonyl (C=O) groups is 2. The maximum Gasteiger partial charge on any atom is 0.273 e. The summed E-state index contributed by atoms with van der Waals surface area (Å²) < 4.78 is 0. The van der Waals surface area contributed by atoms with Crippen LogP contribution in [0, 0.1) is 17.0 Å². The van der Waals surface area contributed by atoms with Crippen LogP contribution in [0.2, 0.25) is 0 Å². The van der Waals surface area contributed by atoms with Crippen molar-refractivity contribution in [2.24, 2.45) is 0 Å². The van der Waals surface area contributed by atoms with Gasteiger partial charge in [0.15, 0.2) is 0 Å². The molecule has 7 heteroatoms. The van der Waals surface area contributed by atoms with Crippen LogP contribution in [0.4, 0.5) is 5.69 Å². The van der Waals surface area contributed by atoms with Crippen LogP contribution >= 0.6 is 0 Å². The number of hydrogen-bond acceptors (Lipinski definition) is 4. The number of nitrogens with zero attached hydrogens (tertiary/aromatic N) is 2. The third-order valence-electron chi connectivity index (χ3n) is 5.77. The molecule has 0 aliphatic rings. The Kier molecular flexibility index (Phi) is 8.59. The molecule has 0 spiro atoms. The lowest BCUT2D eigenvalue weighted by Gasteiger charge is -2.34. The molecule has 0 unspecified atom stereocenters. The van der Waals surface area contributed by atoms with Crippen LogP contribution in [-0.4, -0.2) is 33.2 Å². The lowest BCUT2D eigenvalue weighted by Crippen LogP contribution is -2.54. The van der Waals surface area contributed by atoms with Gasteiger partial charge in [-0.1, -0.05) is 78.4 Å². The average molecular weight is 488 g/mol. The molecule has 1 atom stereocenters. The fraction of sp³-hybridized carbons (Fsp3) is 0.310. The normalized spacial score (nSPS) is 12.0. The van der Waals surface area contributed by atoms with E-state index in [1.165, 1.54) is 6.07 Å². The number of amides is 2. The summed E-state index contributed by atoms with van der Waals surface area (Å²) in [7, 11) is 0. The van der Waals surface area contributed by atoms with Crippen molar-refractivity contribution >= 4 is 17.5 Å². The molecule has 2 amide bonds. The molecule has 36 heavy (non-hydrogen) atoms.